The van der Waals surface area contributed by atoms with E-state index in [9.17, 15) is 9.59 Å². The van der Waals surface area contributed by atoms with Crippen LogP contribution in [0.3, 0.4) is 0 Å². The number of hydrogen-bond acceptors (Lipinski definition) is 5. The summed E-state index contributed by atoms with van der Waals surface area (Å²) in [7, 11) is 0. The van der Waals surface area contributed by atoms with Gasteiger partial charge in [-0.05, 0) is 56.5 Å². The molecule has 1 aliphatic rings. The Labute approximate surface area is 169 Å². The van der Waals surface area contributed by atoms with Gasteiger partial charge in [0.25, 0.3) is 11.8 Å². The van der Waals surface area contributed by atoms with Crippen LogP contribution in [0.25, 0.3) is 11.0 Å². The molecule has 29 heavy (non-hydrogen) atoms. The van der Waals surface area contributed by atoms with Gasteiger partial charge in [0.15, 0.2) is 0 Å². The van der Waals surface area contributed by atoms with Crippen molar-refractivity contribution in [1.82, 2.24) is 20.8 Å². The van der Waals surface area contributed by atoms with E-state index in [4.69, 9.17) is 0 Å². The Hall–Kier alpha value is -3.48. The number of nitrogens with zero attached hydrogens (tertiary/aromatic N) is 3. The summed E-state index contributed by atoms with van der Waals surface area (Å²) >= 11 is 0. The molecule has 0 spiro atoms. The fourth-order valence-electron chi connectivity index (χ4n) is 3.56. The predicted molar refractivity (Wildman–Crippen MR) is 112 cm³/mol. The van der Waals surface area contributed by atoms with Crippen molar-refractivity contribution in [2.75, 3.05) is 18.0 Å². The number of anilines is 1. The summed E-state index contributed by atoms with van der Waals surface area (Å²) in [6.45, 7) is 4.80. The molecule has 1 aromatic heterocycles. The minimum Gasteiger partial charge on any atom is -0.362 e. The average Bonchev–Trinajstić information content (AvgIpc) is 2.73. The number of para-hydroxylation sites is 1. The molecule has 2 N–H and O–H groups in total. The maximum Gasteiger partial charge on any atom is 0.269 e. The van der Waals surface area contributed by atoms with E-state index < -0.39 is 0 Å². The Morgan fingerprint density at radius 3 is 2.59 bits per heavy atom. The Bertz CT molecular complexity index is 1100. The second kappa shape index (κ2) is 7.87. The number of carbonyl (C=O) groups is 2. The molecular weight excluding hydrogens is 366 g/mol. The maximum atomic E-state index is 12.4. The number of aromatic nitrogens is 2. The normalized spacial score (nSPS) is 13.1. The van der Waals surface area contributed by atoms with Crippen molar-refractivity contribution in [2.45, 2.75) is 26.7 Å². The highest BCUT2D eigenvalue weighted by molar-refractivity contribution is 5.98. The summed E-state index contributed by atoms with van der Waals surface area (Å²) < 4.78 is 0. The molecule has 0 bridgehead atoms. The molecule has 0 unspecified atom stereocenters. The van der Waals surface area contributed by atoms with Crippen LogP contribution in [0.1, 0.15) is 33.7 Å². The van der Waals surface area contributed by atoms with Crippen molar-refractivity contribution in [3.8, 4) is 0 Å². The van der Waals surface area contributed by atoms with Gasteiger partial charge in [0.1, 0.15) is 0 Å². The molecule has 1 aliphatic heterocycles. The molecule has 0 fully saturated rings. The minimum atomic E-state index is -0.390. The van der Waals surface area contributed by atoms with Crippen LogP contribution in [0.2, 0.25) is 0 Å². The smallest absolute Gasteiger partial charge is 0.269 e. The second-order valence-electron chi connectivity index (χ2n) is 7.25. The van der Waals surface area contributed by atoms with E-state index in [0.29, 0.717) is 11.1 Å². The highest BCUT2D eigenvalue weighted by atomic mass is 16.2. The number of aryl methyl sites for hydroxylation is 3. The number of carbonyl (C=O) groups excluding carboxylic acids is 2. The Morgan fingerprint density at radius 1 is 1.00 bits per heavy atom. The number of hydrazine groups is 1. The molecule has 148 valence electrons. The van der Waals surface area contributed by atoms with E-state index in [1.54, 1.807) is 18.2 Å². The summed E-state index contributed by atoms with van der Waals surface area (Å²) in [6, 6.07) is 13.2. The molecule has 0 radical (unpaired) electrons. The third-order valence-corrected chi connectivity index (χ3v) is 5.19. The van der Waals surface area contributed by atoms with Gasteiger partial charge in [-0.25, -0.2) is 9.97 Å². The molecule has 2 amide bonds. The number of hydrogen-bond donors (Lipinski definition) is 2. The Kier molecular flexibility index (Phi) is 5.12. The molecule has 0 saturated heterocycles. The van der Waals surface area contributed by atoms with Crippen molar-refractivity contribution in [2.24, 2.45) is 0 Å². The van der Waals surface area contributed by atoms with E-state index >= 15 is 0 Å². The van der Waals surface area contributed by atoms with Gasteiger partial charge in [-0.3, -0.25) is 20.4 Å². The molecule has 7 heteroatoms. The van der Waals surface area contributed by atoms with Crippen LogP contribution in [0.4, 0.5) is 5.69 Å². The second-order valence-corrected chi connectivity index (χ2v) is 7.25. The molecule has 0 saturated carbocycles. The van der Waals surface area contributed by atoms with Gasteiger partial charge >= 0.3 is 0 Å². The van der Waals surface area contributed by atoms with Crippen LogP contribution in [0.5, 0.6) is 0 Å². The highest BCUT2D eigenvalue weighted by Gasteiger charge is 2.19. The lowest BCUT2D eigenvalue weighted by molar-refractivity contribution is -0.120. The molecular formula is C22H23N5O2. The average molecular weight is 389 g/mol. The minimum absolute atomic E-state index is 0.193. The molecule has 4 rings (SSSR count). The van der Waals surface area contributed by atoms with Crippen molar-refractivity contribution < 1.29 is 9.59 Å². The summed E-state index contributed by atoms with van der Waals surface area (Å²) in [5.41, 5.74) is 10.8. The van der Waals surface area contributed by atoms with Crippen LogP contribution in [-0.2, 0) is 11.2 Å². The number of fused-ring (bicyclic) bond motifs is 2. The monoisotopic (exact) mass is 389 g/mol. The van der Waals surface area contributed by atoms with Gasteiger partial charge in [0.05, 0.1) is 29.0 Å². The summed E-state index contributed by atoms with van der Waals surface area (Å²) in [5, 5.41) is 0. The van der Waals surface area contributed by atoms with E-state index in [1.165, 1.54) is 5.56 Å². The molecule has 3 aromatic rings. The van der Waals surface area contributed by atoms with Crippen molar-refractivity contribution in [3.63, 3.8) is 0 Å². The molecule has 2 aromatic carbocycles. The largest absolute Gasteiger partial charge is 0.362 e. The van der Waals surface area contributed by atoms with E-state index in [2.05, 4.69) is 26.9 Å². The first-order valence-electron chi connectivity index (χ1n) is 9.68. The number of rotatable bonds is 3. The zero-order valence-electron chi connectivity index (χ0n) is 16.5. The van der Waals surface area contributed by atoms with Gasteiger partial charge < -0.3 is 4.90 Å². The molecule has 0 atom stereocenters. The fourth-order valence-corrected chi connectivity index (χ4v) is 3.56. The third kappa shape index (κ3) is 4.03. The quantitative estimate of drug-likeness (QED) is 0.672. The lowest BCUT2D eigenvalue weighted by Gasteiger charge is -2.30. The van der Waals surface area contributed by atoms with Gasteiger partial charge in [0, 0.05) is 17.8 Å². The Morgan fingerprint density at radius 2 is 1.76 bits per heavy atom. The van der Waals surface area contributed by atoms with Crippen LogP contribution in [-0.4, -0.2) is 34.9 Å². The fraction of sp³-hybridized carbons (Fsp3) is 0.273. The molecule has 2 heterocycles. The topological polar surface area (TPSA) is 87.2 Å². The maximum absolute atomic E-state index is 12.4. The van der Waals surface area contributed by atoms with Crippen LogP contribution in [0.15, 0.2) is 42.5 Å². The Balaban J connectivity index is 1.39. The van der Waals surface area contributed by atoms with Crippen molar-refractivity contribution >= 4 is 28.5 Å². The lowest BCUT2D eigenvalue weighted by atomic mass is 10.0. The zero-order chi connectivity index (χ0) is 20.4. The first-order valence-corrected chi connectivity index (χ1v) is 9.68. The van der Waals surface area contributed by atoms with E-state index in [0.717, 1.165) is 42.0 Å². The first kappa shape index (κ1) is 18.9. The summed E-state index contributed by atoms with van der Waals surface area (Å²) in [6.07, 6.45) is 2.03. The summed E-state index contributed by atoms with van der Waals surface area (Å²) in [4.78, 5) is 35.8. The third-order valence-electron chi connectivity index (χ3n) is 5.19. The number of amides is 2. The first-order chi connectivity index (χ1) is 14.0. The van der Waals surface area contributed by atoms with Crippen molar-refractivity contribution in [1.29, 1.82) is 0 Å². The van der Waals surface area contributed by atoms with Crippen LogP contribution in [0, 0.1) is 13.8 Å². The highest BCUT2D eigenvalue weighted by Crippen LogP contribution is 2.26. The number of nitrogens with one attached hydrogen (secondary N) is 2. The molecule has 7 nitrogen and oxygen atoms in total. The van der Waals surface area contributed by atoms with Crippen molar-refractivity contribution in [3.05, 3.63) is 65.0 Å². The van der Waals surface area contributed by atoms with Crippen LogP contribution >= 0.6 is 0 Å². The SMILES string of the molecule is Cc1nc2ccc(C(=O)NNC(=O)CN3CCCc4ccccc43)cc2nc1C. The van der Waals surface area contributed by atoms with E-state index in [1.807, 2.05) is 36.9 Å². The van der Waals surface area contributed by atoms with E-state index in [-0.39, 0.29) is 18.4 Å². The summed E-state index contributed by atoms with van der Waals surface area (Å²) in [5.74, 6) is -0.651. The predicted octanol–water partition coefficient (Wildman–Crippen LogP) is 2.46. The number of benzene rings is 2. The lowest BCUT2D eigenvalue weighted by Crippen LogP contribution is -2.47. The van der Waals surface area contributed by atoms with Gasteiger partial charge in [0.2, 0.25) is 0 Å². The molecule has 0 aliphatic carbocycles. The van der Waals surface area contributed by atoms with Gasteiger partial charge in [-0.15, -0.1) is 0 Å². The van der Waals surface area contributed by atoms with Gasteiger partial charge in [-0.1, -0.05) is 18.2 Å². The van der Waals surface area contributed by atoms with Crippen LogP contribution < -0.4 is 15.8 Å². The van der Waals surface area contributed by atoms with Gasteiger partial charge in [-0.2, -0.15) is 0 Å². The standard InChI is InChI=1S/C22H23N5O2/c1-14-15(2)24-19-12-17(9-10-18(19)23-14)22(29)26-25-21(28)13-27-11-5-7-16-6-3-4-8-20(16)27/h3-4,6,8-10,12H,5,7,11,13H2,1-2H3,(H,25,28)(H,26,29). The zero-order valence-corrected chi connectivity index (χ0v) is 16.5.